The van der Waals surface area contributed by atoms with E-state index in [0.717, 1.165) is 6.26 Å². The molecule has 0 unspecified atom stereocenters. The number of guanidine groups is 1. The van der Waals surface area contributed by atoms with Crippen LogP contribution in [0.1, 0.15) is 12.0 Å². The predicted octanol–water partition coefficient (Wildman–Crippen LogP) is 0.473. The summed E-state index contributed by atoms with van der Waals surface area (Å²) in [6, 6.07) is 6.67. The fourth-order valence-electron chi connectivity index (χ4n) is 1.79. The van der Waals surface area contributed by atoms with E-state index in [2.05, 4.69) is 20.3 Å². The van der Waals surface area contributed by atoms with Crippen LogP contribution < -0.4 is 15.4 Å². The summed E-state index contributed by atoms with van der Waals surface area (Å²) in [5.41, 5.74) is 0.655. The molecule has 0 amide bonds. The monoisotopic (exact) mass is 330 g/mol. The maximum Gasteiger partial charge on any atom is 0.208 e. The first kappa shape index (κ1) is 18.4. The van der Waals surface area contributed by atoms with E-state index in [1.807, 2.05) is 0 Å². The number of sulfonamides is 1. The lowest BCUT2D eigenvalue weighted by molar-refractivity contribution is 0.584. The van der Waals surface area contributed by atoms with E-state index in [-0.39, 0.29) is 5.82 Å². The number of hydrogen-bond donors (Lipinski definition) is 3. The smallest absolute Gasteiger partial charge is 0.208 e. The highest BCUT2D eigenvalue weighted by Crippen LogP contribution is 2.05. The number of halogens is 1. The summed E-state index contributed by atoms with van der Waals surface area (Å²) in [6.07, 6.45) is 2.33. The molecule has 0 atom stereocenters. The Bertz CT molecular complexity index is 590. The largest absolute Gasteiger partial charge is 0.356 e. The van der Waals surface area contributed by atoms with Crippen molar-refractivity contribution in [1.29, 1.82) is 0 Å². The van der Waals surface area contributed by atoms with Crippen LogP contribution in [-0.4, -0.2) is 47.3 Å². The van der Waals surface area contributed by atoms with Crippen LogP contribution in [0.2, 0.25) is 0 Å². The third kappa shape index (κ3) is 7.94. The first-order valence-electron chi connectivity index (χ1n) is 7.05. The number of aliphatic imine (C=N–C) groups is 1. The van der Waals surface area contributed by atoms with Crippen molar-refractivity contribution in [3.8, 4) is 0 Å². The van der Waals surface area contributed by atoms with Gasteiger partial charge >= 0.3 is 0 Å². The molecule has 1 aromatic rings. The van der Waals surface area contributed by atoms with Crippen molar-refractivity contribution in [3.05, 3.63) is 35.6 Å². The molecule has 6 nitrogen and oxygen atoms in total. The van der Waals surface area contributed by atoms with Gasteiger partial charge in [0, 0.05) is 26.7 Å². The molecule has 8 heteroatoms. The topological polar surface area (TPSA) is 82.6 Å². The molecule has 0 heterocycles. The summed E-state index contributed by atoms with van der Waals surface area (Å²) in [5.74, 6) is 0.398. The first-order chi connectivity index (χ1) is 10.4. The number of rotatable bonds is 8. The molecule has 0 aromatic heterocycles. The minimum absolute atomic E-state index is 0.209. The molecule has 22 heavy (non-hydrogen) atoms. The number of benzene rings is 1. The second-order valence-electron chi connectivity index (χ2n) is 4.79. The summed E-state index contributed by atoms with van der Waals surface area (Å²) in [7, 11) is -1.49. The zero-order chi connectivity index (χ0) is 16.4. The van der Waals surface area contributed by atoms with E-state index < -0.39 is 10.0 Å². The average molecular weight is 330 g/mol. The third-order valence-corrected chi connectivity index (χ3v) is 3.61. The van der Waals surface area contributed by atoms with Crippen LogP contribution in [0.25, 0.3) is 0 Å². The van der Waals surface area contributed by atoms with Gasteiger partial charge in [-0.2, -0.15) is 0 Å². The van der Waals surface area contributed by atoms with Gasteiger partial charge in [0.1, 0.15) is 5.82 Å². The minimum atomic E-state index is -3.14. The van der Waals surface area contributed by atoms with Gasteiger partial charge in [0.05, 0.1) is 6.26 Å². The molecule has 1 aromatic carbocycles. The molecule has 0 aliphatic carbocycles. The average Bonchev–Trinajstić information content (AvgIpc) is 2.45. The maximum absolute atomic E-state index is 13.5. The van der Waals surface area contributed by atoms with Gasteiger partial charge in [0.2, 0.25) is 10.0 Å². The number of nitrogens with one attached hydrogen (secondary N) is 3. The highest BCUT2D eigenvalue weighted by atomic mass is 32.2. The summed E-state index contributed by atoms with van der Waals surface area (Å²) in [6.45, 7) is 1.52. The highest BCUT2D eigenvalue weighted by Gasteiger charge is 2.02. The van der Waals surface area contributed by atoms with E-state index in [9.17, 15) is 12.8 Å². The summed E-state index contributed by atoms with van der Waals surface area (Å²) >= 11 is 0. The van der Waals surface area contributed by atoms with Crippen LogP contribution >= 0.6 is 0 Å². The van der Waals surface area contributed by atoms with Crippen LogP contribution in [0.15, 0.2) is 29.3 Å². The Hall–Kier alpha value is -1.67. The fourth-order valence-corrected chi connectivity index (χ4v) is 2.31. The van der Waals surface area contributed by atoms with E-state index in [0.29, 0.717) is 44.0 Å². The quantitative estimate of drug-likeness (QED) is 0.368. The van der Waals surface area contributed by atoms with Crippen LogP contribution in [0.3, 0.4) is 0 Å². The Morgan fingerprint density at radius 3 is 2.50 bits per heavy atom. The van der Waals surface area contributed by atoms with Gasteiger partial charge in [-0.25, -0.2) is 17.5 Å². The van der Waals surface area contributed by atoms with E-state index in [4.69, 9.17) is 0 Å². The molecule has 0 radical (unpaired) electrons. The van der Waals surface area contributed by atoms with Crippen molar-refractivity contribution in [2.45, 2.75) is 12.8 Å². The fraction of sp³-hybridized carbons (Fsp3) is 0.500. The highest BCUT2D eigenvalue weighted by molar-refractivity contribution is 7.88. The molecule has 0 saturated carbocycles. The van der Waals surface area contributed by atoms with Crippen LogP contribution in [-0.2, 0) is 16.4 Å². The van der Waals surface area contributed by atoms with Gasteiger partial charge in [-0.15, -0.1) is 0 Å². The molecule has 0 spiro atoms. The van der Waals surface area contributed by atoms with Crippen molar-refractivity contribution in [2.75, 3.05) is 32.9 Å². The van der Waals surface area contributed by atoms with Crippen LogP contribution in [0, 0.1) is 5.82 Å². The number of hydrogen-bond acceptors (Lipinski definition) is 3. The second kappa shape index (κ2) is 9.37. The SMILES string of the molecule is CN=C(NCCCNS(C)(=O)=O)NCCc1ccccc1F. The Labute approximate surface area is 131 Å². The van der Waals surface area contributed by atoms with Crippen molar-refractivity contribution >= 4 is 16.0 Å². The molecular weight excluding hydrogens is 307 g/mol. The number of nitrogens with zero attached hydrogens (tertiary/aromatic N) is 1. The Balaban J connectivity index is 2.22. The summed E-state index contributed by atoms with van der Waals surface area (Å²) in [4.78, 5) is 4.05. The van der Waals surface area contributed by atoms with E-state index in [1.165, 1.54) is 6.07 Å². The molecule has 0 aliphatic rings. The summed E-state index contributed by atoms with van der Waals surface area (Å²) in [5, 5.41) is 6.15. The van der Waals surface area contributed by atoms with Crippen molar-refractivity contribution in [3.63, 3.8) is 0 Å². The van der Waals surface area contributed by atoms with E-state index in [1.54, 1.807) is 25.2 Å². The molecule has 0 aliphatic heterocycles. The molecule has 3 N–H and O–H groups in total. The Morgan fingerprint density at radius 2 is 1.86 bits per heavy atom. The van der Waals surface area contributed by atoms with Gasteiger partial charge in [0.15, 0.2) is 5.96 Å². The van der Waals surface area contributed by atoms with Gasteiger partial charge in [0.25, 0.3) is 0 Å². The second-order valence-corrected chi connectivity index (χ2v) is 6.62. The molecule has 1 rings (SSSR count). The molecule has 0 saturated heterocycles. The van der Waals surface area contributed by atoms with Crippen molar-refractivity contribution < 1.29 is 12.8 Å². The lowest BCUT2D eigenvalue weighted by atomic mass is 10.1. The molecule has 0 bridgehead atoms. The zero-order valence-electron chi connectivity index (χ0n) is 12.9. The maximum atomic E-state index is 13.5. The normalized spacial score (nSPS) is 12.2. The third-order valence-electron chi connectivity index (χ3n) is 2.88. The van der Waals surface area contributed by atoms with Crippen LogP contribution in [0.5, 0.6) is 0 Å². The van der Waals surface area contributed by atoms with Crippen LogP contribution in [0.4, 0.5) is 4.39 Å². The molecule has 0 fully saturated rings. The van der Waals surface area contributed by atoms with Gasteiger partial charge < -0.3 is 10.6 Å². The summed E-state index contributed by atoms with van der Waals surface area (Å²) < 4.78 is 37.6. The predicted molar refractivity (Wildman–Crippen MR) is 86.9 cm³/mol. The van der Waals surface area contributed by atoms with Gasteiger partial charge in [-0.05, 0) is 24.5 Å². The minimum Gasteiger partial charge on any atom is -0.356 e. The van der Waals surface area contributed by atoms with E-state index >= 15 is 0 Å². The molecule has 124 valence electrons. The Morgan fingerprint density at radius 1 is 1.18 bits per heavy atom. The Kier molecular flexibility index (Phi) is 7.83. The van der Waals surface area contributed by atoms with Crippen molar-refractivity contribution in [2.24, 2.45) is 4.99 Å². The zero-order valence-corrected chi connectivity index (χ0v) is 13.7. The first-order valence-corrected chi connectivity index (χ1v) is 8.94. The standard InChI is InChI=1S/C14H23FN4O2S/c1-16-14(17-9-5-10-19-22(2,20)21)18-11-8-12-6-3-4-7-13(12)15/h3-4,6-7,19H,5,8-11H2,1-2H3,(H2,16,17,18). The molecular formula is C14H23FN4O2S. The van der Waals surface area contributed by atoms with Gasteiger partial charge in [-0.3, -0.25) is 4.99 Å². The van der Waals surface area contributed by atoms with Crippen molar-refractivity contribution in [1.82, 2.24) is 15.4 Å². The van der Waals surface area contributed by atoms with Gasteiger partial charge in [-0.1, -0.05) is 18.2 Å². The lowest BCUT2D eigenvalue weighted by Crippen LogP contribution is -2.39. The lowest BCUT2D eigenvalue weighted by Gasteiger charge is -2.12.